The van der Waals surface area contributed by atoms with Crippen molar-refractivity contribution in [3.63, 3.8) is 0 Å². The van der Waals surface area contributed by atoms with Crippen molar-refractivity contribution in [3.8, 4) is 0 Å². The number of ether oxygens (including phenoxy) is 4. The summed E-state index contributed by atoms with van der Waals surface area (Å²) in [7, 11) is 3.14. The van der Waals surface area contributed by atoms with E-state index in [1.165, 1.54) is 0 Å². The number of hydrogen-bond acceptors (Lipinski definition) is 5. The monoisotopic (exact) mass is 221 g/mol. The predicted molar refractivity (Wildman–Crippen MR) is 57.2 cm³/mol. The van der Waals surface area contributed by atoms with Crippen molar-refractivity contribution in [1.82, 2.24) is 5.32 Å². The van der Waals surface area contributed by atoms with Crippen molar-refractivity contribution in [2.75, 3.05) is 27.4 Å². The van der Waals surface area contributed by atoms with Crippen molar-refractivity contribution < 1.29 is 18.9 Å². The second-order valence-electron chi connectivity index (χ2n) is 3.04. The van der Waals surface area contributed by atoms with E-state index in [1.807, 2.05) is 13.8 Å². The van der Waals surface area contributed by atoms with Crippen LogP contribution in [0.25, 0.3) is 0 Å². The van der Waals surface area contributed by atoms with E-state index in [9.17, 15) is 0 Å². The van der Waals surface area contributed by atoms with Gasteiger partial charge in [-0.15, -0.1) is 0 Å². The minimum atomic E-state index is -0.494. The fraction of sp³-hybridized carbons (Fsp3) is 1.00. The lowest BCUT2D eigenvalue weighted by Gasteiger charge is -2.23. The fourth-order valence-corrected chi connectivity index (χ4v) is 0.929. The van der Waals surface area contributed by atoms with Crippen LogP contribution in [-0.2, 0) is 18.9 Å². The van der Waals surface area contributed by atoms with E-state index in [-0.39, 0.29) is 0 Å². The molecule has 0 aliphatic rings. The standard InChI is InChI=1S/C10H23NO4/c1-5-7-14-9(12-3)11-10(13-4)15-8-6-2/h9-11H,5-8H2,1-4H3. The molecule has 0 aromatic heterocycles. The van der Waals surface area contributed by atoms with E-state index in [0.29, 0.717) is 13.2 Å². The summed E-state index contributed by atoms with van der Waals surface area (Å²) in [6.45, 7) is 5.34. The predicted octanol–water partition coefficient (Wildman–Crippen LogP) is 1.29. The Labute approximate surface area is 92.0 Å². The molecule has 1 N–H and O–H groups in total. The summed E-state index contributed by atoms with van der Waals surface area (Å²) in [4.78, 5) is 0. The molecule has 92 valence electrons. The molecule has 5 nitrogen and oxygen atoms in total. The summed E-state index contributed by atoms with van der Waals surface area (Å²) < 4.78 is 20.9. The average molecular weight is 221 g/mol. The molecule has 5 heteroatoms. The van der Waals surface area contributed by atoms with Gasteiger partial charge in [0.25, 0.3) is 0 Å². The second-order valence-corrected chi connectivity index (χ2v) is 3.04. The Bertz CT molecular complexity index is 121. The highest BCUT2D eigenvalue weighted by Gasteiger charge is 2.14. The summed E-state index contributed by atoms with van der Waals surface area (Å²) in [5.41, 5.74) is 0. The van der Waals surface area contributed by atoms with Crippen LogP contribution in [0.1, 0.15) is 26.7 Å². The van der Waals surface area contributed by atoms with Gasteiger partial charge in [-0.1, -0.05) is 13.8 Å². The Morgan fingerprint density at radius 1 is 0.867 bits per heavy atom. The van der Waals surface area contributed by atoms with Crippen molar-refractivity contribution in [2.45, 2.75) is 39.5 Å². The van der Waals surface area contributed by atoms with Crippen LogP contribution < -0.4 is 5.32 Å². The zero-order valence-corrected chi connectivity index (χ0v) is 10.1. The molecule has 2 unspecified atom stereocenters. The Morgan fingerprint density at radius 3 is 1.53 bits per heavy atom. The van der Waals surface area contributed by atoms with Crippen LogP contribution in [0.2, 0.25) is 0 Å². The van der Waals surface area contributed by atoms with Gasteiger partial charge >= 0.3 is 0 Å². The summed E-state index contributed by atoms with van der Waals surface area (Å²) in [5.74, 6) is 0. The van der Waals surface area contributed by atoms with Crippen molar-refractivity contribution >= 4 is 0 Å². The maximum Gasteiger partial charge on any atom is 0.219 e. The SMILES string of the molecule is CCCOC(NC(OC)OCCC)OC. The molecule has 0 radical (unpaired) electrons. The lowest BCUT2D eigenvalue weighted by Crippen LogP contribution is -2.44. The van der Waals surface area contributed by atoms with E-state index < -0.39 is 12.8 Å². The van der Waals surface area contributed by atoms with E-state index in [2.05, 4.69) is 5.32 Å². The Hall–Kier alpha value is -0.200. The van der Waals surface area contributed by atoms with E-state index in [0.717, 1.165) is 12.8 Å². The zero-order chi connectivity index (χ0) is 11.5. The minimum absolute atomic E-state index is 0.494. The van der Waals surface area contributed by atoms with Crippen molar-refractivity contribution in [2.24, 2.45) is 0 Å². The number of nitrogens with one attached hydrogen (secondary N) is 1. The zero-order valence-electron chi connectivity index (χ0n) is 10.1. The van der Waals surface area contributed by atoms with Gasteiger partial charge in [0.1, 0.15) is 0 Å². The van der Waals surface area contributed by atoms with Crippen LogP contribution >= 0.6 is 0 Å². The van der Waals surface area contributed by atoms with Crippen molar-refractivity contribution in [1.29, 1.82) is 0 Å². The van der Waals surface area contributed by atoms with Gasteiger partial charge in [0, 0.05) is 14.2 Å². The smallest absolute Gasteiger partial charge is 0.219 e. The first-order chi connectivity index (χ1) is 7.28. The van der Waals surface area contributed by atoms with Crippen LogP contribution in [-0.4, -0.2) is 40.3 Å². The quantitative estimate of drug-likeness (QED) is 0.563. The number of rotatable bonds is 10. The van der Waals surface area contributed by atoms with E-state index in [1.54, 1.807) is 14.2 Å². The van der Waals surface area contributed by atoms with Gasteiger partial charge in [-0.25, -0.2) is 5.32 Å². The molecule has 0 aromatic carbocycles. The fourth-order valence-electron chi connectivity index (χ4n) is 0.929. The van der Waals surface area contributed by atoms with Crippen LogP contribution in [0.3, 0.4) is 0 Å². The number of methoxy groups -OCH3 is 2. The third kappa shape index (κ3) is 7.70. The summed E-state index contributed by atoms with van der Waals surface area (Å²) in [6.07, 6.45) is 0.891. The van der Waals surface area contributed by atoms with Gasteiger partial charge in [0.15, 0.2) is 0 Å². The highest BCUT2D eigenvalue weighted by atomic mass is 16.7. The van der Waals surface area contributed by atoms with E-state index in [4.69, 9.17) is 18.9 Å². The maximum absolute atomic E-state index is 5.36. The molecule has 15 heavy (non-hydrogen) atoms. The highest BCUT2D eigenvalue weighted by Crippen LogP contribution is 1.97. The highest BCUT2D eigenvalue weighted by molar-refractivity contribution is 4.43. The second kappa shape index (κ2) is 10.3. The van der Waals surface area contributed by atoms with Crippen LogP contribution in [0.5, 0.6) is 0 Å². The average Bonchev–Trinajstić information content (AvgIpc) is 2.28. The normalized spacial score (nSPS) is 15.2. The Balaban J connectivity index is 3.77. The largest absolute Gasteiger partial charge is 0.343 e. The van der Waals surface area contributed by atoms with Gasteiger partial charge in [-0.05, 0) is 12.8 Å². The molecular weight excluding hydrogens is 198 g/mol. The first-order valence-electron chi connectivity index (χ1n) is 5.33. The molecule has 0 saturated carbocycles. The molecule has 0 bridgehead atoms. The van der Waals surface area contributed by atoms with Crippen molar-refractivity contribution in [3.05, 3.63) is 0 Å². The van der Waals surface area contributed by atoms with Crippen LogP contribution in [0.4, 0.5) is 0 Å². The topological polar surface area (TPSA) is 49.0 Å². The molecule has 0 aromatic rings. The Morgan fingerprint density at radius 2 is 1.27 bits per heavy atom. The molecule has 0 amide bonds. The first-order valence-corrected chi connectivity index (χ1v) is 5.33. The van der Waals surface area contributed by atoms with Crippen LogP contribution in [0, 0.1) is 0 Å². The summed E-state index contributed by atoms with van der Waals surface area (Å²) in [6, 6.07) is 0. The number of hydrogen-bond donors (Lipinski definition) is 1. The molecule has 0 aliphatic heterocycles. The lowest BCUT2D eigenvalue weighted by atomic mass is 10.5. The molecule has 0 heterocycles. The van der Waals surface area contributed by atoms with Gasteiger partial charge in [-0.2, -0.15) is 0 Å². The molecule has 0 aliphatic carbocycles. The molecule has 2 atom stereocenters. The molecular formula is C10H23NO4. The third-order valence-electron chi connectivity index (χ3n) is 1.65. The minimum Gasteiger partial charge on any atom is -0.343 e. The van der Waals surface area contributed by atoms with Crippen LogP contribution in [0.15, 0.2) is 0 Å². The summed E-state index contributed by atoms with van der Waals surface area (Å²) >= 11 is 0. The Kier molecular flexibility index (Phi) is 10.2. The van der Waals surface area contributed by atoms with Gasteiger partial charge in [-0.3, -0.25) is 0 Å². The lowest BCUT2D eigenvalue weighted by molar-refractivity contribution is -0.222. The molecule has 0 rings (SSSR count). The van der Waals surface area contributed by atoms with Gasteiger partial charge in [0.05, 0.1) is 13.2 Å². The van der Waals surface area contributed by atoms with Gasteiger partial charge in [0.2, 0.25) is 12.8 Å². The molecule has 0 fully saturated rings. The molecule has 0 spiro atoms. The first kappa shape index (κ1) is 14.8. The maximum atomic E-state index is 5.36. The third-order valence-corrected chi connectivity index (χ3v) is 1.65. The van der Waals surface area contributed by atoms with E-state index >= 15 is 0 Å². The van der Waals surface area contributed by atoms with Gasteiger partial charge < -0.3 is 18.9 Å². The summed E-state index contributed by atoms with van der Waals surface area (Å²) in [5, 5.41) is 2.93. The molecule has 0 saturated heterocycles.